The Morgan fingerprint density at radius 1 is 1.24 bits per heavy atom. The number of nitrogens with two attached hydrogens (primary N) is 1. The number of hydrogen-bond acceptors (Lipinski definition) is 9. The minimum atomic E-state index is -0.973. The van der Waals surface area contributed by atoms with Crippen LogP contribution >= 0.6 is 11.3 Å². The number of aromatic nitrogens is 6. The van der Waals surface area contributed by atoms with E-state index in [1.165, 1.54) is 17.4 Å². The second-order valence-electron chi connectivity index (χ2n) is 7.54. The van der Waals surface area contributed by atoms with Crippen LogP contribution in [-0.4, -0.2) is 35.9 Å². The summed E-state index contributed by atoms with van der Waals surface area (Å²) in [5.74, 6) is 0.00331. The van der Waals surface area contributed by atoms with Gasteiger partial charge in [-0.2, -0.15) is 0 Å². The number of allylic oxidation sites excluding steroid dienone is 1. The average Bonchev–Trinajstić information content (AvgIpc) is 3.51. The van der Waals surface area contributed by atoms with Crippen molar-refractivity contribution in [1.82, 2.24) is 29.7 Å². The number of halogens is 2. The van der Waals surface area contributed by atoms with E-state index in [0.29, 0.717) is 45.8 Å². The molecule has 5 rings (SSSR count). The van der Waals surface area contributed by atoms with E-state index in [1.54, 1.807) is 22.7 Å². The fourth-order valence-electron chi connectivity index (χ4n) is 4.02. The molecule has 0 aliphatic carbocycles. The minimum absolute atomic E-state index is 0.207. The first-order chi connectivity index (χ1) is 16.4. The van der Waals surface area contributed by atoms with Crippen molar-refractivity contribution in [2.45, 2.75) is 26.3 Å². The van der Waals surface area contributed by atoms with Gasteiger partial charge < -0.3 is 16.0 Å². The van der Waals surface area contributed by atoms with Gasteiger partial charge in [-0.05, 0) is 25.5 Å². The highest BCUT2D eigenvalue weighted by Gasteiger charge is 2.36. The largest absolute Gasteiger partial charge is 0.396 e. The lowest BCUT2D eigenvalue weighted by Gasteiger charge is -2.37. The number of fused-ring (bicyclic) bond motifs is 3. The van der Waals surface area contributed by atoms with Gasteiger partial charge in [-0.15, -0.1) is 21.5 Å². The molecule has 0 saturated heterocycles. The van der Waals surface area contributed by atoms with Crippen LogP contribution in [0.1, 0.15) is 41.9 Å². The van der Waals surface area contributed by atoms with Crippen LogP contribution in [0, 0.1) is 24.0 Å². The van der Waals surface area contributed by atoms with Crippen molar-refractivity contribution in [3.8, 4) is 5.69 Å². The van der Waals surface area contributed by atoms with Crippen LogP contribution in [0.3, 0.4) is 0 Å². The number of nitrogens with zero attached hydrogens (tertiary/aromatic N) is 7. The van der Waals surface area contributed by atoms with Gasteiger partial charge in [0.2, 0.25) is 0 Å². The number of benzene rings is 1. The first-order valence-corrected chi connectivity index (χ1v) is 11.3. The summed E-state index contributed by atoms with van der Waals surface area (Å²) in [5, 5.41) is 18.8. The van der Waals surface area contributed by atoms with E-state index < -0.39 is 11.6 Å². The van der Waals surface area contributed by atoms with Crippen LogP contribution in [0.15, 0.2) is 36.0 Å². The van der Waals surface area contributed by atoms with Gasteiger partial charge in [0.05, 0.1) is 23.5 Å². The lowest BCUT2D eigenvalue weighted by molar-refractivity contribution is 0.507. The van der Waals surface area contributed by atoms with Gasteiger partial charge in [0.25, 0.3) is 0 Å². The Morgan fingerprint density at radius 3 is 2.74 bits per heavy atom. The van der Waals surface area contributed by atoms with E-state index in [0.717, 1.165) is 18.3 Å². The molecule has 1 aromatic carbocycles. The predicted molar refractivity (Wildman–Crippen MR) is 125 cm³/mol. The Balaban J connectivity index is 1.77. The van der Waals surface area contributed by atoms with Gasteiger partial charge >= 0.3 is 0 Å². The van der Waals surface area contributed by atoms with E-state index in [-0.39, 0.29) is 17.6 Å². The smallest absolute Gasteiger partial charge is 0.165 e. The predicted octanol–water partition coefficient (Wildman–Crippen LogP) is 4.18. The third kappa shape index (κ3) is 3.34. The zero-order chi connectivity index (χ0) is 24.0. The summed E-state index contributed by atoms with van der Waals surface area (Å²) in [6, 6.07) is 3.33. The van der Waals surface area contributed by atoms with Crippen molar-refractivity contribution in [1.29, 1.82) is 5.41 Å². The van der Waals surface area contributed by atoms with Gasteiger partial charge in [-0.1, -0.05) is 6.92 Å². The second kappa shape index (κ2) is 8.37. The number of rotatable bonds is 5. The molecule has 3 aromatic heterocycles. The summed E-state index contributed by atoms with van der Waals surface area (Å²) in [5.41, 5.74) is 7.83. The molecule has 0 amide bonds. The lowest BCUT2D eigenvalue weighted by atomic mass is 10.1. The molecular formula is C22H19F2N9S. The zero-order valence-electron chi connectivity index (χ0n) is 18.2. The SMILES string of the molecule is CC[C@@H]1c2nnc(C)n2-c2cnc(/C(C=N)=C(/N)c3nccs3)nc2N1c1ccc(F)c(F)c1. The summed E-state index contributed by atoms with van der Waals surface area (Å²) in [4.78, 5) is 15.2. The second-order valence-corrected chi connectivity index (χ2v) is 8.44. The number of aryl methyl sites for hydroxylation is 1. The average molecular weight is 480 g/mol. The summed E-state index contributed by atoms with van der Waals surface area (Å²) in [6.45, 7) is 3.78. The molecule has 0 fully saturated rings. The lowest BCUT2D eigenvalue weighted by Crippen LogP contribution is -2.33. The molecule has 12 heteroatoms. The number of anilines is 2. The molecule has 0 spiro atoms. The summed E-state index contributed by atoms with van der Waals surface area (Å²) in [7, 11) is 0. The molecule has 4 heterocycles. The highest BCUT2D eigenvalue weighted by atomic mass is 32.1. The standard InChI is InChI=1S/C22H19F2N9S/c1-3-16-21-31-30-11(2)32(21)17-10-28-19(13(9-25)18(26)22-27-6-7-34-22)29-20(17)33(16)12-4-5-14(23)15(24)8-12/h4-10,16,25H,3,26H2,1-2H3/b18-13+,25-9?/t16-/m1/s1. The Morgan fingerprint density at radius 2 is 2.06 bits per heavy atom. The molecule has 3 N–H and O–H groups in total. The first-order valence-electron chi connectivity index (χ1n) is 10.4. The Kier molecular flexibility index (Phi) is 5.36. The van der Waals surface area contributed by atoms with Crippen molar-refractivity contribution in [2.24, 2.45) is 5.73 Å². The quantitative estimate of drug-likeness (QED) is 0.412. The van der Waals surface area contributed by atoms with Crippen LogP contribution in [-0.2, 0) is 0 Å². The van der Waals surface area contributed by atoms with Crippen LogP contribution in [0.2, 0.25) is 0 Å². The summed E-state index contributed by atoms with van der Waals surface area (Å²) < 4.78 is 29.8. The number of hydrogen-bond donors (Lipinski definition) is 2. The maximum Gasteiger partial charge on any atom is 0.165 e. The number of thiazole rings is 1. The Bertz CT molecular complexity index is 1430. The van der Waals surface area contributed by atoms with Crippen LogP contribution in [0.4, 0.5) is 20.3 Å². The molecule has 0 saturated carbocycles. The normalized spacial score (nSPS) is 15.5. The third-order valence-corrected chi connectivity index (χ3v) is 6.39. The van der Waals surface area contributed by atoms with Gasteiger partial charge in [0, 0.05) is 29.5 Å². The van der Waals surface area contributed by atoms with E-state index in [2.05, 4.69) is 20.2 Å². The Hall–Kier alpha value is -4.06. The van der Waals surface area contributed by atoms with Crippen molar-refractivity contribution < 1.29 is 8.78 Å². The van der Waals surface area contributed by atoms with Crippen molar-refractivity contribution in [3.63, 3.8) is 0 Å². The van der Waals surface area contributed by atoms with Crippen molar-refractivity contribution in [3.05, 3.63) is 70.1 Å². The molecule has 1 atom stereocenters. The molecule has 1 aliphatic rings. The van der Waals surface area contributed by atoms with E-state index >= 15 is 0 Å². The molecule has 34 heavy (non-hydrogen) atoms. The van der Waals surface area contributed by atoms with E-state index in [1.807, 2.05) is 18.4 Å². The highest BCUT2D eigenvalue weighted by molar-refractivity contribution is 7.10. The van der Waals surface area contributed by atoms with Crippen molar-refractivity contribution >= 4 is 40.3 Å². The molecule has 4 aromatic rings. The molecule has 172 valence electrons. The molecule has 0 unspecified atom stereocenters. The number of nitrogens with one attached hydrogen (secondary N) is 1. The third-order valence-electron chi connectivity index (χ3n) is 5.58. The van der Waals surface area contributed by atoms with E-state index in [4.69, 9.17) is 16.1 Å². The summed E-state index contributed by atoms with van der Waals surface area (Å²) in [6.07, 6.45) is 4.88. The van der Waals surface area contributed by atoms with Crippen LogP contribution in [0.5, 0.6) is 0 Å². The fraction of sp³-hybridized carbons (Fsp3) is 0.182. The topological polar surface area (TPSA) is 122 Å². The van der Waals surface area contributed by atoms with Gasteiger partial charge in [0.1, 0.15) is 16.5 Å². The molecule has 0 bridgehead atoms. The van der Waals surface area contributed by atoms with Crippen LogP contribution < -0.4 is 10.6 Å². The molecule has 1 aliphatic heterocycles. The summed E-state index contributed by atoms with van der Waals surface area (Å²) >= 11 is 1.34. The zero-order valence-corrected chi connectivity index (χ0v) is 19.0. The highest BCUT2D eigenvalue weighted by Crippen LogP contribution is 2.44. The Labute approximate surface area is 197 Å². The monoisotopic (exact) mass is 479 g/mol. The van der Waals surface area contributed by atoms with Gasteiger partial charge in [0.15, 0.2) is 29.1 Å². The van der Waals surface area contributed by atoms with Crippen LogP contribution in [0.25, 0.3) is 17.0 Å². The molecule has 0 radical (unpaired) electrons. The fourth-order valence-corrected chi connectivity index (χ4v) is 4.63. The molecule has 9 nitrogen and oxygen atoms in total. The van der Waals surface area contributed by atoms with E-state index in [9.17, 15) is 8.78 Å². The maximum absolute atomic E-state index is 14.2. The van der Waals surface area contributed by atoms with Gasteiger partial charge in [-0.3, -0.25) is 4.57 Å². The molecular weight excluding hydrogens is 460 g/mol. The minimum Gasteiger partial charge on any atom is -0.396 e. The van der Waals surface area contributed by atoms with Crippen molar-refractivity contribution in [2.75, 3.05) is 4.90 Å². The van der Waals surface area contributed by atoms with Gasteiger partial charge in [-0.25, -0.2) is 23.7 Å². The maximum atomic E-state index is 14.2. The first kappa shape index (κ1) is 21.8.